The lowest BCUT2D eigenvalue weighted by molar-refractivity contribution is -0.107. The van der Waals surface area contributed by atoms with Gasteiger partial charge in [0.15, 0.2) is 0 Å². The van der Waals surface area contributed by atoms with Gasteiger partial charge in [-0.3, -0.25) is 0 Å². The molecule has 0 fully saturated rings. The largest absolute Gasteiger partial charge is 0.506 e. The minimum atomic E-state index is -0.0259. The van der Waals surface area contributed by atoms with Gasteiger partial charge in [-0.2, -0.15) is 0 Å². The van der Waals surface area contributed by atoms with Crippen molar-refractivity contribution in [1.82, 2.24) is 0 Å². The SMILES string of the molecule is CC(C)OCc1cc(Cl)c(O)c(CC=O)c1. The van der Waals surface area contributed by atoms with Crippen LogP contribution >= 0.6 is 11.6 Å². The van der Waals surface area contributed by atoms with Crippen molar-refractivity contribution in [3.63, 3.8) is 0 Å². The van der Waals surface area contributed by atoms with Crippen LogP contribution in [0.3, 0.4) is 0 Å². The third-order valence-electron chi connectivity index (χ3n) is 2.09. The van der Waals surface area contributed by atoms with Crippen molar-refractivity contribution in [3.8, 4) is 5.75 Å². The molecule has 0 radical (unpaired) electrons. The van der Waals surface area contributed by atoms with Crippen molar-refractivity contribution >= 4 is 17.9 Å². The lowest BCUT2D eigenvalue weighted by Gasteiger charge is -2.10. The average molecular weight is 243 g/mol. The predicted molar refractivity (Wildman–Crippen MR) is 62.8 cm³/mol. The number of carbonyl (C=O) groups excluding carboxylic acids is 1. The van der Waals surface area contributed by atoms with Crippen LogP contribution in [0.1, 0.15) is 25.0 Å². The quantitative estimate of drug-likeness (QED) is 0.808. The summed E-state index contributed by atoms with van der Waals surface area (Å²) < 4.78 is 5.43. The molecule has 0 aliphatic rings. The Balaban J connectivity index is 2.90. The van der Waals surface area contributed by atoms with Gasteiger partial charge in [0.2, 0.25) is 0 Å². The Morgan fingerprint density at radius 3 is 2.75 bits per heavy atom. The highest BCUT2D eigenvalue weighted by Crippen LogP contribution is 2.29. The molecule has 1 aromatic rings. The molecule has 0 unspecified atom stereocenters. The third kappa shape index (κ3) is 3.51. The van der Waals surface area contributed by atoms with Crippen molar-refractivity contribution in [2.24, 2.45) is 0 Å². The van der Waals surface area contributed by atoms with Gasteiger partial charge in [0.05, 0.1) is 17.7 Å². The predicted octanol–water partition coefficient (Wildman–Crippen LogP) is 2.71. The summed E-state index contributed by atoms with van der Waals surface area (Å²) in [6, 6.07) is 3.38. The molecule has 4 heteroatoms. The number of carbonyl (C=O) groups is 1. The second-order valence-corrected chi connectivity index (χ2v) is 4.22. The van der Waals surface area contributed by atoms with Crippen LogP contribution in [0.15, 0.2) is 12.1 Å². The molecule has 1 rings (SSSR count). The van der Waals surface area contributed by atoms with Crippen molar-refractivity contribution in [2.45, 2.75) is 33.0 Å². The molecule has 3 nitrogen and oxygen atoms in total. The van der Waals surface area contributed by atoms with E-state index in [1.807, 2.05) is 13.8 Å². The molecule has 0 saturated heterocycles. The molecule has 0 saturated carbocycles. The molecule has 0 spiro atoms. The summed E-state index contributed by atoms with van der Waals surface area (Å²) in [5, 5.41) is 9.85. The van der Waals surface area contributed by atoms with E-state index in [-0.39, 0.29) is 23.3 Å². The summed E-state index contributed by atoms with van der Waals surface area (Å²) in [6.07, 6.45) is 1.02. The first kappa shape index (κ1) is 13.0. The zero-order valence-corrected chi connectivity index (χ0v) is 10.1. The highest BCUT2D eigenvalue weighted by molar-refractivity contribution is 6.32. The molecular formula is C12H15ClO3. The topological polar surface area (TPSA) is 46.5 Å². The van der Waals surface area contributed by atoms with E-state index in [1.54, 1.807) is 12.1 Å². The maximum atomic E-state index is 10.4. The Morgan fingerprint density at radius 2 is 2.19 bits per heavy atom. The number of phenols is 1. The summed E-state index contributed by atoms with van der Waals surface area (Å²) in [7, 11) is 0. The summed E-state index contributed by atoms with van der Waals surface area (Å²) in [6.45, 7) is 4.30. The van der Waals surface area contributed by atoms with Gasteiger partial charge in [-0.05, 0) is 31.5 Å². The Kier molecular flexibility index (Phi) is 4.77. The monoisotopic (exact) mass is 242 g/mol. The Hall–Kier alpha value is -1.06. The van der Waals surface area contributed by atoms with E-state index in [1.165, 1.54) is 0 Å². The third-order valence-corrected chi connectivity index (χ3v) is 2.38. The number of halogens is 1. The van der Waals surface area contributed by atoms with Gasteiger partial charge in [0, 0.05) is 12.0 Å². The number of phenolic OH excluding ortho intramolecular Hbond substituents is 1. The smallest absolute Gasteiger partial charge is 0.137 e. The van der Waals surface area contributed by atoms with Crippen molar-refractivity contribution in [3.05, 3.63) is 28.3 Å². The molecule has 0 aromatic heterocycles. The second-order valence-electron chi connectivity index (χ2n) is 3.82. The molecule has 16 heavy (non-hydrogen) atoms. The van der Waals surface area contributed by atoms with Crippen LogP contribution < -0.4 is 0 Å². The van der Waals surface area contributed by atoms with Gasteiger partial charge in [0.25, 0.3) is 0 Å². The maximum Gasteiger partial charge on any atom is 0.137 e. The standard InChI is InChI=1S/C12H15ClO3/c1-8(2)16-7-9-5-10(3-4-14)12(15)11(13)6-9/h4-6,8,15H,3,7H2,1-2H3. The van der Waals surface area contributed by atoms with Crippen LogP contribution in [0.4, 0.5) is 0 Å². The van der Waals surface area contributed by atoms with Crippen LogP contribution in [0.2, 0.25) is 5.02 Å². The molecule has 0 atom stereocenters. The maximum absolute atomic E-state index is 10.4. The number of aldehydes is 1. The number of benzene rings is 1. The fraction of sp³-hybridized carbons (Fsp3) is 0.417. The van der Waals surface area contributed by atoms with Crippen LogP contribution in [0.25, 0.3) is 0 Å². The van der Waals surface area contributed by atoms with E-state index in [0.29, 0.717) is 12.2 Å². The number of rotatable bonds is 5. The second kappa shape index (κ2) is 5.87. The summed E-state index contributed by atoms with van der Waals surface area (Å²) in [5.41, 5.74) is 1.39. The molecule has 88 valence electrons. The van der Waals surface area contributed by atoms with Crippen LogP contribution in [0, 0.1) is 0 Å². The summed E-state index contributed by atoms with van der Waals surface area (Å²) in [5.74, 6) is -0.0259. The molecule has 0 amide bonds. The minimum Gasteiger partial charge on any atom is -0.506 e. The molecular weight excluding hydrogens is 228 g/mol. The molecule has 0 aliphatic carbocycles. The zero-order valence-electron chi connectivity index (χ0n) is 9.37. The molecule has 1 aromatic carbocycles. The van der Waals surface area contributed by atoms with E-state index < -0.39 is 0 Å². The first-order valence-electron chi connectivity index (χ1n) is 5.10. The first-order chi connectivity index (χ1) is 7.54. The van der Waals surface area contributed by atoms with Crippen molar-refractivity contribution in [1.29, 1.82) is 0 Å². The van der Waals surface area contributed by atoms with Crippen molar-refractivity contribution in [2.75, 3.05) is 0 Å². The minimum absolute atomic E-state index is 0.0259. The molecule has 1 N–H and O–H groups in total. The van der Waals surface area contributed by atoms with Crippen LogP contribution in [0.5, 0.6) is 5.75 Å². The number of ether oxygens (including phenoxy) is 1. The Labute approximate surface area is 100.0 Å². The van der Waals surface area contributed by atoms with Gasteiger partial charge >= 0.3 is 0 Å². The first-order valence-corrected chi connectivity index (χ1v) is 5.48. The number of hydrogen-bond acceptors (Lipinski definition) is 3. The Morgan fingerprint density at radius 1 is 1.50 bits per heavy atom. The fourth-order valence-corrected chi connectivity index (χ4v) is 1.57. The summed E-state index contributed by atoms with van der Waals surface area (Å²) in [4.78, 5) is 10.4. The highest BCUT2D eigenvalue weighted by Gasteiger charge is 2.08. The van der Waals surface area contributed by atoms with Gasteiger partial charge in [0.1, 0.15) is 12.0 Å². The van der Waals surface area contributed by atoms with Gasteiger partial charge in [-0.15, -0.1) is 0 Å². The van der Waals surface area contributed by atoms with E-state index in [2.05, 4.69) is 0 Å². The van der Waals surface area contributed by atoms with E-state index in [9.17, 15) is 9.90 Å². The van der Waals surface area contributed by atoms with E-state index in [4.69, 9.17) is 16.3 Å². The number of hydrogen-bond donors (Lipinski definition) is 1. The van der Waals surface area contributed by atoms with Gasteiger partial charge in [-0.25, -0.2) is 0 Å². The van der Waals surface area contributed by atoms with Gasteiger partial charge < -0.3 is 14.6 Å². The average Bonchev–Trinajstić information content (AvgIpc) is 2.22. The lowest BCUT2D eigenvalue weighted by atomic mass is 10.1. The van der Waals surface area contributed by atoms with Crippen molar-refractivity contribution < 1.29 is 14.6 Å². The number of aromatic hydroxyl groups is 1. The Bertz CT molecular complexity index is 375. The van der Waals surface area contributed by atoms with Crippen LogP contribution in [-0.4, -0.2) is 17.5 Å². The van der Waals surface area contributed by atoms with E-state index in [0.717, 1.165) is 11.8 Å². The summed E-state index contributed by atoms with van der Waals surface area (Å²) >= 11 is 5.85. The fourth-order valence-electron chi connectivity index (χ4n) is 1.31. The zero-order chi connectivity index (χ0) is 12.1. The van der Waals surface area contributed by atoms with E-state index >= 15 is 0 Å². The lowest BCUT2D eigenvalue weighted by Crippen LogP contribution is -2.03. The molecule has 0 bridgehead atoms. The van der Waals surface area contributed by atoms with Crippen LogP contribution in [-0.2, 0) is 22.6 Å². The molecule has 0 heterocycles. The highest BCUT2D eigenvalue weighted by atomic mass is 35.5. The van der Waals surface area contributed by atoms with Gasteiger partial charge in [-0.1, -0.05) is 11.6 Å². The normalized spacial score (nSPS) is 10.8. The molecule has 0 aliphatic heterocycles.